The molecule has 1 unspecified atom stereocenters. The highest BCUT2D eigenvalue weighted by molar-refractivity contribution is 9.09. The fourth-order valence-corrected chi connectivity index (χ4v) is 1.08. The molecule has 1 N–H and O–H groups in total. The van der Waals surface area contributed by atoms with E-state index in [0.29, 0.717) is 6.04 Å². The number of nitrogens with one attached hydrogen (secondary N) is 1. The van der Waals surface area contributed by atoms with E-state index in [-0.39, 0.29) is 0 Å². The molecule has 1 aromatic heterocycles. The Kier molecular flexibility index (Phi) is 4.25. The van der Waals surface area contributed by atoms with Crippen LogP contribution in [-0.4, -0.2) is 16.4 Å². The molecule has 0 bridgehead atoms. The van der Waals surface area contributed by atoms with Crippen molar-refractivity contribution in [3.8, 4) is 0 Å². The highest BCUT2D eigenvalue weighted by Gasteiger charge is 1.97. The van der Waals surface area contributed by atoms with E-state index in [9.17, 15) is 0 Å². The summed E-state index contributed by atoms with van der Waals surface area (Å²) in [5.74, 6) is 0. The van der Waals surface area contributed by atoms with Crippen LogP contribution in [0.3, 0.4) is 0 Å². The first-order valence-corrected chi connectivity index (χ1v) is 5.13. The molecule has 12 heavy (non-hydrogen) atoms. The van der Waals surface area contributed by atoms with Crippen molar-refractivity contribution >= 4 is 15.9 Å². The molecule has 0 aromatic carbocycles. The smallest absolute Gasteiger partial charge is 0.0271 e. The molecule has 0 fully saturated rings. The van der Waals surface area contributed by atoms with Crippen LogP contribution < -0.4 is 5.32 Å². The van der Waals surface area contributed by atoms with Gasteiger partial charge in [-0.2, -0.15) is 0 Å². The Balaban J connectivity index is 2.33. The molecule has 0 aliphatic heterocycles. The summed E-state index contributed by atoms with van der Waals surface area (Å²) >= 11 is 3.41. The van der Waals surface area contributed by atoms with Gasteiger partial charge >= 0.3 is 0 Å². The molecule has 1 rings (SSSR count). The van der Waals surface area contributed by atoms with Gasteiger partial charge in [0.1, 0.15) is 0 Å². The van der Waals surface area contributed by atoms with Gasteiger partial charge in [-0.3, -0.25) is 4.98 Å². The number of nitrogens with zero attached hydrogens (tertiary/aromatic N) is 1. The van der Waals surface area contributed by atoms with Crippen LogP contribution in [0, 0.1) is 0 Å². The Morgan fingerprint density at radius 3 is 2.75 bits per heavy atom. The van der Waals surface area contributed by atoms with Crippen molar-refractivity contribution in [1.29, 1.82) is 0 Å². The highest BCUT2D eigenvalue weighted by Crippen LogP contribution is 1.97. The molecule has 0 spiro atoms. The molecular formula is C9H13BrN2. The Bertz CT molecular complexity index is 213. The Labute approximate surface area is 81.5 Å². The Morgan fingerprint density at radius 1 is 1.50 bits per heavy atom. The first-order valence-electron chi connectivity index (χ1n) is 4.01. The monoisotopic (exact) mass is 228 g/mol. The number of alkyl halides is 1. The van der Waals surface area contributed by atoms with E-state index < -0.39 is 0 Å². The van der Waals surface area contributed by atoms with Gasteiger partial charge in [0.2, 0.25) is 0 Å². The van der Waals surface area contributed by atoms with Gasteiger partial charge in [0.15, 0.2) is 0 Å². The van der Waals surface area contributed by atoms with Crippen LogP contribution in [0.4, 0.5) is 0 Å². The lowest BCUT2D eigenvalue weighted by Crippen LogP contribution is -2.26. The number of aromatic nitrogens is 1. The Morgan fingerprint density at radius 2 is 2.17 bits per heavy atom. The molecule has 1 atom stereocenters. The average molecular weight is 229 g/mol. The summed E-state index contributed by atoms with van der Waals surface area (Å²) in [6, 6.07) is 4.56. The molecule has 1 heterocycles. The predicted molar refractivity (Wildman–Crippen MR) is 54.3 cm³/mol. The molecule has 3 heteroatoms. The van der Waals surface area contributed by atoms with Crippen molar-refractivity contribution in [3.63, 3.8) is 0 Å². The zero-order valence-electron chi connectivity index (χ0n) is 7.13. The zero-order valence-corrected chi connectivity index (χ0v) is 8.71. The van der Waals surface area contributed by atoms with Crippen LogP contribution in [0.5, 0.6) is 0 Å². The van der Waals surface area contributed by atoms with Crippen molar-refractivity contribution in [1.82, 2.24) is 10.3 Å². The van der Waals surface area contributed by atoms with Gasteiger partial charge in [0, 0.05) is 30.3 Å². The van der Waals surface area contributed by atoms with Crippen molar-refractivity contribution in [2.45, 2.75) is 19.5 Å². The van der Waals surface area contributed by atoms with Gasteiger partial charge < -0.3 is 5.32 Å². The molecule has 0 amide bonds. The third kappa shape index (κ3) is 3.32. The molecular weight excluding hydrogens is 216 g/mol. The van der Waals surface area contributed by atoms with Crippen LogP contribution >= 0.6 is 15.9 Å². The standard InChI is InChI=1S/C9H13BrN2/c1-8(6-10)12-7-9-2-4-11-5-3-9/h2-5,8,12H,6-7H2,1H3. The number of pyridine rings is 1. The molecule has 0 aliphatic rings. The SMILES string of the molecule is CC(CBr)NCc1ccncc1. The maximum absolute atomic E-state index is 3.96. The molecule has 0 saturated carbocycles. The van der Waals surface area contributed by atoms with Crippen molar-refractivity contribution in [3.05, 3.63) is 30.1 Å². The highest BCUT2D eigenvalue weighted by atomic mass is 79.9. The van der Waals surface area contributed by atoms with Gasteiger partial charge in [-0.05, 0) is 24.6 Å². The largest absolute Gasteiger partial charge is 0.309 e. The van der Waals surface area contributed by atoms with E-state index in [2.05, 4.69) is 33.2 Å². The number of hydrogen-bond acceptors (Lipinski definition) is 2. The van der Waals surface area contributed by atoms with Crippen molar-refractivity contribution in [2.24, 2.45) is 0 Å². The van der Waals surface area contributed by atoms with Crippen LogP contribution in [0.1, 0.15) is 12.5 Å². The van der Waals surface area contributed by atoms with E-state index in [1.807, 2.05) is 24.5 Å². The second-order valence-electron chi connectivity index (χ2n) is 2.79. The Hall–Kier alpha value is -0.410. The van der Waals surface area contributed by atoms with E-state index in [0.717, 1.165) is 11.9 Å². The zero-order chi connectivity index (χ0) is 8.81. The van der Waals surface area contributed by atoms with Gasteiger partial charge in [-0.1, -0.05) is 15.9 Å². The average Bonchev–Trinajstić information content (AvgIpc) is 2.16. The topological polar surface area (TPSA) is 24.9 Å². The number of halogens is 1. The van der Waals surface area contributed by atoms with Crippen LogP contribution in [0.2, 0.25) is 0 Å². The summed E-state index contributed by atoms with van der Waals surface area (Å²) in [4.78, 5) is 3.96. The van der Waals surface area contributed by atoms with E-state index >= 15 is 0 Å². The van der Waals surface area contributed by atoms with Crippen molar-refractivity contribution in [2.75, 3.05) is 5.33 Å². The maximum Gasteiger partial charge on any atom is 0.0271 e. The van der Waals surface area contributed by atoms with Gasteiger partial charge in [0.05, 0.1) is 0 Å². The van der Waals surface area contributed by atoms with Crippen molar-refractivity contribution < 1.29 is 0 Å². The summed E-state index contributed by atoms with van der Waals surface area (Å²) in [6.45, 7) is 3.06. The fourth-order valence-electron chi connectivity index (χ4n) is 0.847. The van der Waals surface area contributed by atoms with Gasteiger partial charge in [0.25, 0.3) is 0 Å². The number of rotatable bonds is 4. The van der Waals surface area contributed by atoms with Gasteiger partial charge in [-0.25, -0.2) is 0 Å². The third-order valence-electron chi connectivity index (χ3n) is 1.64. The predicted octanol–water partition coefficient (Wildman–Crippen LogP) is 1.95. The molecule has 1 aromatic rings. The minimum atomic E-state index is 0.512. The molecule has 2 nitrogen and oxygen atoms in total. The fraction of sp³-hybridized carbons (Fsp3) is 0.444. The quantitative estimate of drug-likeness (QED) is 0.798. The normalized spacial score (nSPS) is 12.8. The minimum Gasteiger partial charge on any atom is -0.309 e. The number of hydrogen-bond donors (Lipinski definition) is 1. The van der Waals surface area contributed by atoms with Crippen LogP contribution in [-0.2, 0) is 6.54 Å². The van der Waals surface area contributed by atoms with Gasteiger partial charge in [-0.15, -0.1) is 0 Å². The third-order valence-corrected chi connectivity index (χ3v) is 2.61. The minimum absolute atomic E-state index is 0.512. The molecule has 0 aliphatic carbocycles. The summed E-state index contributed by atoms with van der Waals surface area (Å²) in [5.41, 5.74) is 1.28. The van der Waals surface area contributed by atoms with Crippen LogP contribution in [0.25, 0.3) is 0 Å². The van der Waals surface area contributed by atoms with Crippen LogP contribution in [0.15, 0.2) is 24.5 Å². The molecule has 66 valence electrons. The second kappa shape index (κ2) is 5.27. The summed E-state index contributed by atoms with van der Waals surface area (Å²) < 4.78 is 0. The van der Waals surface area contributed by atoms with E-state index in [1.165, 1.54) is 5.56 Å². The first-order chi connectivity index (χ1) is 5.83. The molecule has 0 radical (unpaired) electrons. The first kappa shape index (κ1) is 9.68. The van der Waals surface area contributed by atoms with E-state index in [1.54, 1.807) is 0 Å². The van der Waals surface area contributed by atoms with E-state index in [4.69, 9.17) is 0 Å². The lowest BCUT2D eigenvalue weighted by molar-refractivity contribution is 0.598. The maximum atomic E-state index is 3.96. The summed E-state index contributed by atoms with van der Waals surface area (Å²) in [5, 5.41) is 4.36. The second-order valence-corrected chi connectivity index (χ2v) is 3.44. The lowest BCUT2D eigenvalue weighted by atomic mass is 10.2. The molecule has 0 saturated heterocycles. The summed E-state index contributed by atoms with van der Waals surface area (Å²) in [7, 11) is 0. The summed E-state index contributed by atoms with van der Waals surface area (Å²) in [6.07, 6.45) is 3.63. The lowest BCUT2D eigenvalue weighted by Gasteiger charge is -2.09.